The molecule has 21 heavy (non-hydrogen) atoms. The lowest BCUT2D eigenvalue weighted by atomic mass is 10.1. The van der Waals surface area contributed by atoms with Crippen LogP contribution in [0.1, 0.15) is 5.56 Å². The van der Waals surface area contributed by atoms with Gasteiger partial charge in [-0.1, -0.05) is 35.9 Å². The summed E-state index contributed by atoms with van der Waals surface area (Å²) >= 11 is 6.18. The maximum atomic E-state index is 13.5. The molecule has 3 aromatic rings. The van der Waals surface area contributed by atoms with Crippen LogP contribution in [0.4, 0.5) is 10.1 Å². The van der Waals surface area contributed by atoms with Crippen LogP contribution in [0.2, 0.25) is 5.02 Å². The Hall–Kier alpha value is -2.26. The topological polar surface area (TPSA) is 35.2 Å². The normalized spacial score (nSPS) is 10.8. The van der Waals surface area contributed by atoms with E-state index < -0.39 is 0 Å². The molecule has 3 rings (SSSR count). The van der Waals surface area contributed by atoms with E-state index >= 15 is 0 Å². The van der Waals surface area contributed by atoms with E-state index in [0.29, 0.717) is 22.1 Å². The van der Waals surface area contributed by atoms with Crippen LogP contribution >= 0.6 is 11.6 Å². The highest BCUT2D eigenvalue weighted by atomic mass is 35.5. The van der Waals surface area contributed by atoms with Crippen molar-refractivity contribution in [3.8, 4) is 11.5 Å². The first-order valence-corrected chi connectivity index (χ1v) is 6.85. The largest absolute Gasteiger partial charge is 0.455 e. The summed E-state index contributed by atoms with van der Waals surface area (Å²) in [7, 11) is 0. The van der Waals surface area contributed by atoms with Crippen molar-refractivity contribution in [1.82, 2.24) is 0 Å². The predicted molar refractivity (Wildman–Crippen MR) is 84.6 cm³/mol. The molecule has 2 N–H and O–H groups in total. The molecule has 0 spiro atoms. The lowest BCUT2D eigenvalue weighted by Crippen LogP contribution is -1.95. The van der Waals surface area contributed by atoms with Crippen molar-refractivity contribution in [3.63, 3.8) is 0 Å². The summed E-state index contributed by atoms with van der Waals surface area (Å²) < 4.78 is 19.3. The van der Waals surface area contributed by atoms with Gasteiger partial charge in [-0.2, -0.15) is 0 Å². The van der Waals surface area contributed by atoms with Crippen molar-refractivity contribution in [2.45, 2.75) is 6.92 Å². The van der Waals surface area contributed by atoms with Crippen LogP contribution in [0.5, 0.6) is 11.5 Å². The van der Waals surface area contributed by atoms with Crippen molar-refractivity contribution in [2.75, 3.05) is 5.73 Å². The van der Waals surface area contributed by atoms with Gasteiger partial charge in [-0.3, -0.25) is 0 Å². The third-order valence-corrected chi connectivity index (χ3v) is 3.67. The number of benzene rings is 3. The van der Waals surface area contributed by atoms with E-state index in [-0.39, 0.29) is 11.5 Å². The van der Waals surface area contributed by atoms with E-state index in [1.165, 1.54) is 6.07 Å². The van der Waals surface area contributed by atoms with Gasteiger partial charge in [0.05, 0.1) is 5.69 Å². The van der Waals surface area contributed by atoms with Gasteiger partial charge in [0.25, 0.3) is 0 Å². The summed E-state index contributed by atoms with van der Waals surface area (Å²) in [5.74, 6) is 0.717. The van der Waals surface area contributed by atoms with Crippen LogP contribution in [0, 0.1) is 12.7 Å². The van der Waals surface area contributed by atoms with Crippen molar-refractivity contribution in [1.29, 1.82) is 0 Å². The van der Waals surface area contributed by atoms with E-state index in [4.69, 9.17) is 22.1 Å². The summed E-state index contributed by atoms with van der Waals surface area (Å²) in [6, 6.07) is 14.1. The molecule has 0 unspecified atom stereocenters. The number of ether oxygens (including phenoxy) is 1. The van der Waals surface area contributed by atoms with Gasteiger partial charge in [0.2, 0.25) is 0 Å². The maximum Gasteiger partial charge on any atom is 0.150 e. The second kappa shape index (κ2) is 5.26. The molecule has 0 atom stereocenters. The van der Waals surface area contributed by atoms with Gasteiger partial charge < -0.3 is 10.5 Å². The monoisotopic (exact) mass is 301 g/mol. The van der Waals surface area contributed by atoms with E-state index in [1.807, 2.05) is 24.3 Å². The number of halogens is 2. The van der Waals surface area contributed by atoms with Crippen LogP contribution in [-0.2, 0) is 0 Å². The molecule has 0 saturated carbocycles. The van der Waals surface area contributed by atoms with Crippen LogP contribution in [0.3, 0.4) is 0 Å². The zero-order valence-corrected chi connectivity index (χ0v) is 12.1. The van der Waals surface area contributed by atoms with Gasteiger partial charge in [0.15, 0.2) is 5.75 Å². The molecule has 3 aromatic carbocycles. The minimum Gasteiger partial charge on any atom is -0.455 e. The highest BCUT2D eigenvalue weighted by molar-refractivity contribution is 6.35. The Kier molecular flexibility index (Phi) is 3.43. The average Bonchev–Trinajstić information content (AvgIpc) is 2.48. The summed E-state index contributed by atoms with van der Waals surface area (Å²) in [4.78, 5) is 0. The number of aryl methyl sites for hydroxylation is 1. The van der Waals surface area contributed by atoms with E-state index in [0.717, 1.165) is 10.8 Å². The molecule has 2 nitrogen and oxygen atoms in total. The zero-order chi connectivity index (χ0) is 15.0. The van der Waals surface area contributed by atoms with Gasteiger partial charge >= 0.3 is 0 Å². The highest BCUT2D eigenvalue weighted by Crippen LogP contribution is 2.36. The lowest BCUT2D eigenvalue weighted by Gasteiger charge is -2.12. The smallest absolute Gasteiger partial charge is 0.150 e. The molecule has 106 valence electrons. The average molecular weight is 302 g/mol. The van der Waals surface area contributed by atoms with E-state index in [2.05, 4.69) is 0 Å². The molecule has 0 aromatic heterocycles. The zero-order valence-electron chi connectivity index (χ0n) is 11.4. The first-order chi connectivity index (χ1) is 10.1. The predicted octanol–water partition coefficient (Wildman–Crippen LogP) is 5.32. The molecule has 0 heterocycles. The molecule has 0 radical (unpaired) electrons. The molecule has 0 saturated heterocycles. The second-order valence-corrected chi connectivity index (χ2v) is 5.24. The Labute approximate surface area is 126 Å². The summed E-state index contributed by atoms with van der Waals surface area (Å²) in [6.45, 7) is 1.67. The molecule has 0 aliphatic heterocycles. The Morgan fingerprint density at radius 2 is 1.71 bits per heavy atom. The number of nitrogen functional groups attached to an aromatic ring is 1. The summed E-state index contributed by atoms with van der Waals surface area (Å²) in [5, 5.41) is 2.43. The minimum absolute atomic E-state index is 0.261. The second-order valence-electron chi connectivity index (χ2n) is 4.83. The van der Waals surface area contributed by atoms with Crippen LogP contribution in [0.15, 0.2) is 48.5 Å². The molecule has 0 aliphatic rings. The van der Waals surface area contributed by atoms with E-state index in [1.54, 1.807) is 25.1 Å². The minimum atomic E-state index is -0.346. The Morgan fingerprint density at radius 1 is 1.00 bits per heavy atom. The van der Waals surface area contributed by atoms with Crippen molar-refractivity contribution in [2.24, 2.45) is 0 Å². The standard InChI is InChI=1S/C17H13ClFNO/c1-10-8-17(15(20)9-14(10)19)21-16-7-6-13(18)11-4-2-3-5-12(11)16/h2-9H,20H2,1H3. The van der Waals surface area contributed by atoms with Gasteiger partial charge in [0, 0.05) is 21.9 Å². The van der Waals surface area contributed by atoms with Crippen LogP contribution < -0.4 is 10.5 Å². The van der Waals surface area contributed by atoms with Crippen LogP contribution in [-0.4, -0.2) is 0 Å². The van der Waals surface area contributed by atoms with Crippen molar-refractivity contribution >= 4 is 28.1 Å². The molecule has 0 amide bonds. The molecule has 0 bridgehead atoms. The molecular formula is C17H13ClFNO. The van der Waals surface area contributed by atoms with E-state index in [9.17, 15) is 4.39 Å². The number of hydrogen-bond acceptors (Lipinski definition) is 2. The maximum absolute atomic E-state index is 13.5. The number of nitrogens with two attached hydrogens (primary N) is 1. The number of rotatable bonds is 2. The Balaban J connectivity index is 2.11. The van der Waals surface area contributed by atoms with Crippen LogP contribution in [0.25, 0.3) is 10.8 Å². The summed E-state index contributed by atoms with van der Waals surface area (Å²) in [6.07, 6.45) is 0. The first-order valence-electron chi connectivity index (χ1n) is 6.47. The number of anilines is 1. The Bertz CT molecular complexity index is 832. The van der Waals surface area contributed by atoms with Gasteiger partial charge in [-0.15, -0.1) is 0 Å². The molecular weight excluding hydrogens is 289 g/mol. The van der Waals surface area contributed by atoms with Gasteiger partial charge in [-0.05, 0) is 30.7 Å². The fourth-order valence-electron chi connectivity index (χ4n) is 2.20. The number of fused-ring (bicyclic) bond motifs is 1. The van der Waals surface area contributed by atoms with Gasteiger partial charge in [0.1, 0.15) is 11.6 Å². The fraction of sp³-hybridized carbons (Fsp3) is 0.0588. The highest BCUT2D eigenvalue weighted by Gasteiger charge is 2.10. The molecule has 0 aliphatic carbocycles. The first kappa shape index (κ1) is 13.7. The molecule has 4 heteroatoms. The fourth-order valence-corrected chi connectivity index (χ4v) is 2.43. The van der Waals surface area contributed by atoms with Crippen molar-refractivity contribution in [3.05, 3.63) is 64.9 Å². The third kappa shape index (κ3) is 2.52. The Morgan fingerprint density at radius 3 is 2.48 bits per heavy atom. The summed E-state index contributed by atoms with van der Waals surface area (Å²) in [5.41, 5.74) is 6.57. The number of hydrogen-bond donors (Lipinski definition) is 1. The van der Waals surface area contributed by atoms with Crippen molar-refractivity contribution < 1.29 is 9.13 Å². The van der Waals surface area contributed by atoms with Gasteiger partial charge in [-0.25, -0.2) is 4.39 Å². The molecule has 0 fully saturated rings. The quantitative estimate of drug-likeness (QED) is 0.651. The third-order valence-electron chi connectivity index (χ3n) is 3.34. The SMILES string of the molecule is Cc1cc(Oc2ccc(Cl)c3ccccc23)c(N)cc1F. The lowest BCUT2D eigenvalue weighted by molar-refractivity contribution is 0.488.